The highest BCUT2D eigenvalue weighted by molar-refractivity contribution is 5.40. The van der Waals surface area contributed by atoms with Crippen LogP contribution in [-0.4, -0.2) is 28.5 Å². The molecule has 0 saturated carbocycles. The van der Waals surface area contributed by atoms with E-state index >= 15 is 0 Å². The molecule has 4 N–H and O–H groups in total. The smallest absolute Gasteiger partial charge is 0.124 e. The second kappa shape index (κ2) is 6.35. The van der Waals surface area contributed by atoms with Crippen molar-refractivity contribution in [1.29, 1.82) is 0 Å². The molecule has 0 radical (unpaired) electrons. The molecule has 1 aromatic rings. The first-order valence-electron chi connectivity index (χ1n) is 5.51. The maximum absolute atomic E-state index is 9.62. The van der Waals surface area contributed by atoms with E-state index in [2.05, 4.69) is 5.32 Å². The van der Waals surface area contributed by atoms with Crippen molar-refractivity contribution in [2.75, 3.05) is 13.2 Å². The Hall–Kier alpha value is -1.26. The standard InChI is InChI=1S/C12H19NO3/c1-9(13-6-2-3-7-14)11-5-4-10(15)8-12(11)16/h4-5,8-9,13-16H,2-3,6-7H2,1H3. The predicted molar refractivity (Wildman–Crippen MR) is 62.5 cm³/mol. The Morgan fingerprint density at radius 2 is 2.00 bits per heavy atom. The molecule has 0 bridgehead atoms. The summed E-state index contributed by atoms with van der Waals surface area (Å²) in [5.41, 5.74) is 0.766. The highest BCUT2D eigenvalue weighted by atomic mass is 16.3. The maximum atomic E-state index is 9.62. The lowest BCUT2D eigenvalue weighted by Gasteiger charge is -2.15. The fourth-order valence-electron chi connectivity index (χ4n) is 1.56. The lowest BCUT2D eigenvalue weighted by molar-refractivity contribution is 0.282. The summed E-state index contributed by atoms with van der Waals surface area (Å²) in [4.78, 5) is 0. The van der Waals surface area contributed by atoms with Crippen LogP contribution >= 0.6 is 0 Å². The van der Waals surface area contributed by atoms with Crippen molar-refractivity contribution in [2.45, 2.75) is 25.8 Å². The van der Waals surface area contributed by atoms with Gasteiger partial charge >= 0.3 is 0 Å². The number of aromatic hydroxyl groups is 2. The topological polar surface area (TPSA) is 72.7 Å². The summed E-state index contributed by atoms with van der Waals surface area (Å²) < 4.78 is 0. The molecule has 0 heterocycles. The van der Waals surface area contributed by atoms with Crippen LogP contribution in [0.3, 0.4) is 0 Å². The summed E-state index contributed by atoms with van der Waals surface area (Å²) in [5, 5.41) is 30.7. The average Bonchev–Trinajstić information content (AvgIpc) is 2.24. The maximum Gasteiger partial charge on any atom is 0.124 e. The summed E-state index contributed by atoms with van der Waals surface area (Å²) in [6, 6.07) is 4.62. The van der Waals surface area contributed by atoms with Crippen LogP contribution in [0.25, 0.3) is 0 Å². The number of hydrogen-bond acceptors (Lipinski definition) is 4. The molecule has 1 rings (SSSR count). The minimum Gasteiger partial charge on any atom is -0.508 e. The van der Waals surface area contributed by atoms with Gasteiger partial charge in [0.2, 0.25) is 0 Å². The highest BCUT2D eigenvalue weighted by Gasteiger charge is 2.09. The van der Waals surface area contributed by atoms with E-state index in [9.17, 15) is 5.11 Å². The third-order valence-corrected chi connectivity index (χ3v) is 2.52. The minimum atomic E-state index is 0.0271. The van der Waals surface area contributed by atoms with E-state index in [1.165, 1.54) is 6.07 Å². The van der Waals surface area contributed by atoms with Crippen molar-refractivity contribution in [1.82, 2.24) is 5.32 Å². The number of nitrogens with one attached hydrogen (secondary N) is 1. The Kier molecular flexibility index (Phi) is 5.08. The molecular weight excluding hydrogens is 206 g/mol. The van der Waals surface area contributed by atoms with E-state index in [4.69, 9.17) is 10.2 Å². The van der Waals surface area contributed by atoms with E-state index in [-0.39, 0.29) is 24.1 Å². The van der Waals surface area contributed by atoms with Crippen LogP contribution < -0.4 is 5.32 Å². The molecule has 0 aliphatic carbocycles. The zero-order valence-electron chi connectivity index (χ0n) is 9.48. The van der Waals surface area contributed by atoms with E-state index in [1.807, 2.05) is 6.92 Å². The van der Waals surface area contributed by atoms with Gasteiger partial charge in [-0.1, -0.05) is 6.07 Å². The Morgan fingerprint density at radius 1 is 1.25 bits per heavy atom. The van der Waals surface area contributed by atoms with Crippen molar-refractivity contribution < 1.29 is 15.3 Å². The summed E-state index contributed by atoms with van der Waals surface area (Å²) >= 11 is 0. The van der Waals surface area contributed by atoms with Crippen molar-refractivity contribution in [3.63, 3.8) is 0 Å². The largest absolute Gasteiger partial charge is 0.508 e. The van der Waals surface area contributed by atoms with Gasteiger partial charge in [-0.3, -0.25) is 0 Å². The predicted octanol–water partition coefficient (Wildman–Crippen LogP) is 1.52. The number of phenols is 2. The van der Waals surface area contributed by atoms with Crippen molar-refractivity contribution >= 4 is 0 Å². The summed E-state index contributed by atoms with van der Waals surface area (Å²) in [5.74, 6) is 0.163. The lowest BCUT2D eigenvalue weighted by atomic mass is 10.1. The highest BCUT2D eigenvalue weighted by Crippen LogP contribution is 2.27. The van der Waals surface area contributed by atoms with Gasteiger partial charge in [-0.2, -0.15) is 0 Å². The summed E-state index contributed by atoms with van der Waals surface area (Å²) in [6.45, 7) is 2.95. The van der Waals surface area contributed by atoms with Crippen LogP contribution in [-0.2, 0) is 0 Å². The van der Waals surface area contributed by atoms with Crippen molar-refractivity contribution in [3.05, 3.63) is 23.8 Å². The first kappa shape index (κ1) is 12.8. The van der Waals surface area contributed by atoms with Gasteiger partial charge in [0.15, 0.2) is 0 Å². The molecule has 1 aromatic carbocycles. The number of aliphatic hydroxyl groups is 1. The van der Waals surface area contributed by atoms with Crippen LogP contribution in [0.1, 0.15) is 31.4 Å². The Labute approximate surface area is 95.6 Å². The van der Waals surface area contributed by atoms with Gasteiger partial charge in [-0.05, 0) is 32.4 Å². The normalized spacial score (nSPS) is 12.6. The van der Waals surface area contributed by atoms with Gasteiger partial charge < -0.3 is 20.6 Å². The van der Waals surface area contributed by atoms with Gasteiger partial charge in [-0.25, -0.2) is 0 Å². The number of hydrogen-bond donors (Lipinski definition) is 4. The van der Waals surface area contributed by atoms with Crippen molar-refractivity contribution in [2.24, 2.45) is 0 Å². The number of unbranched alkanes of at least 4 members (excludes halogenated alkanes) is 1. The molecule has 0 saturated heterocycles. The van der Waals surface area contributed by atoms with Gasteiger partial charge in [0.1, 0.15) is 11.5 Å². The number of benzene rings is 1. The summed E-state index contributed by atoms with van der Waals surface area (Å²) in [6.07, 6.45) is 1.68. The molecule has 0 spiro atoms. The average molecular weight is 225 g/mol. The van der Waals surface area contributed by atoms with E-state index in [1.54, 1.807) is 12.1 Å². The molecule has 0 fully saturated rings. The molecule has 0 amide bonds. The third-order valence-electron chi connectivity index (χ3n) is 2.52. The number of phenolic OH excluding ortho intramolecular Hbond substituents is 2. The van der Waals surface area contributed by atoms with Gasteiger partial charge in [-0.15, -0.1) is 0 Å². The molecular formula is C12H19NO3. The fourth-order valence-corrected chi connectivity index (χ4v) is 1.56. The SMILES string of the molecule is CC(NCCCCO)c1ccc(O)cc1O. The molecule has 0 aliphatic rings. The third kappa shape index (κ3) is 3.72. The molecule has 1 atom stereocenters. The van der Waals surface area contributed by atoms with Gasteiger partial charge in [0.05, 0.1) is 0 Å². The fraction of sp³-hybridized carbons (Fsp3) is 0.500. The quantitative estimate of drug-likeness (QED) is 0.554. The molecule has 0 aromatic heterocycles. The van der Waals surface area contributed by atoms with Crippen LogP contribution in [0.4, 0.5) is 0 Å². The number of aliphatic hydroxyl groups excluding tert-OH is 1. The van der Waals surface area contributed by atoms with E-state index < -0.39 is 0 Å². The molecule has 1 unspecified atom stereocenters. The van der Waals surface area contributed by atoms with Crippen LogP contribution in [0.2, 0.25) is 0 Å². The first-order chi connectivity index (χ1) is 7.65. The Bertz CT molecular complexity index is 328. The molecule has 0 aliphatic heterocycles. The van der Waals surface area contributed by atoms with E-state index in [0.29, 0.717) is 0 Å². The van der Waals surface area contributed by atoms with Crippen molar-refractivity contribution in [3.8, 4) is 11.5 Å². The molecule has 4 heteroatoms. The van der Waals surface area contributed by atoms with Gasteiger partial charge in [0.25, 0.3) is 0 Å². The first-order valence-corrected chi connectivity index (χ1v) is 5.51. The monoisotopic (exact) mass is 225 g/mol. The van der Waals surface area contributed by atoms with E-state index in [0.717, 1.165) is 24.9 Å². The number of rotatable bonds is 6. The Balaban J connectivity index is 2.49. The van der Waals surface area contributed by atoms with Crippen LogP contribution in [0.5, 0.6) is 11.5 Å². The minimum absolute atomic E-state index is 0.0271. The Morgan fingerprint density at radius 3 is 2.62 bits per heavy atom. The summed E-state index contributed by atoms with van der Waals surface area (Å²) in [7, 11) is 0. The lowest BCUT2D eigenvalue weighted by Crippen LogP contribution is -2.20. The molecule has 90 valence electrons. The second-order valence-electron chi connectivity index (χ2n) is 3.85. The zero-order chi connectivity index (χ0) is 12.0. The van der Waals surface area contributed by atoms with Crippen LogP contribution in [0, 0.1) is 0 Å². The zero-order valence-corrected chi connectivity index (χ0v) is 9.48. The molecule has 4 nitrogen and oxygen atoms in total. The van der Waals surface area contributed by atoms with Gasteiger partial charge in [0, 0.05) is 24.3 Å². The second-order valence-corrected chi connectivity index (χ2v) is 3.85. The molecule has 16 heavy (non-hydrogen) atoms. The van der Waals surface area contributed by atoms with Crippen LogP contribution in [0.15, 0.2) is 18.2 Å².